The van der Waals surface area contributed by atoms with Gasteiger partial charge in [-0.2, -0.15) is 0 Å². The summed E-state index contributed by atoms with van der Waals surface area (Å²) in [6.07, 6.45) is 0. The molecule has 4 heteroatoms. The van der Waals surface area contributed by atoms with Crippen molar-refractivity contribution in [3.8, 4) is 39.1 Å². The Balaban J connectivity index is 1.10. The van der Waals surface area contributed by atoms with Crippen LogP contribution in [0.5, 0.6) is 5.75 Å². The van der Waals surface area contributed by atoms with Gasteiger partial charge in [0.25, 0.3) is 0 Å². The van der Waals surface area contributed by atoms with Crippen molar-refractivity contribution in [2.24, 2.45) is 0 Å². The lowest BCUT2D eigenvalue weighted by atomic mass is 9.84. The lowest BCUT2D eigenvalue weighted by molar-refractivity contribution is 0.478. The Labute approximate surface area is 482 Å². The number of hydrogen-bond acceptors (Lipinski definition) is 4. The highest BCUT2D eigenvalue weighted by molar-refractivity contribution is 6.30. The number of phenols is 1. The quantitative estimate of drug-likeness (QED) is 0.117. The van der Waals surface area contributed by atoms with Crippen molar-refractivity contribution in [1.82, 2.24) is 0 Å². The van der Waals surface area contributed by atoms with Gasteiger partial charge in [-0.1, -0.05) is 213 Å². The zero-order chi connectivity index (χ0) is 56.7. The Morgan fingerprint density at radius 3 is 1.33 bits per heavy atom. The van der Waals surface area contributed by atoms with Gasteiger partial charge < -0.3 is 19.3 Å². The van der Waals surface area contributed by atoms with Gasteiger partial charge in [0.15, 0.2) is 5.58 Å². The zero-order valence-corrected chi connectivity index (χ0v) is 48.8. The molecule has 4 nitrogen and oxygen atoms in total. The fourth-order valence-electron chi connectivity index (χ4n) is 13.0. The molecule has 0 aliphatic carbocycles. The third-order valence-corrected chi connectivity index (χ3v) is 17.3. The molecule has 13 rings (SSSR count). The molecular weight excluding hydrogens is 997 g/mol. The van der Waals surface area contributed by atoms with Gasteiger partial charge in [-0.05, 0) is 169 Å². The number of para-hydroxylation sites is 3. The van der Waals surface area contributed by atoms with E-state index in [-0.39, 0.29) is 23.5 Å². The van der Waals surface area contributed by atoms with Crippen LogP contribution in [0, 0.1) is 13.8 Å². The summed E-state index contributed by atoms with van der Waals surface area (Å²) in [7, 11) is 0. The molecule has 1 N–H and O–H groups in total. The van der Waals surface area contributed by atoms with E-state index in [1.165, 1.54) is 66.1 Å². The summed E-state index contributed by atoms with van der Waals surface area (Å²) in [5.41, 5.74) is 21.3. The van der Waals surface area contributed by atoms with Crippen molar-refractivity contribution >= 4 is 88.4 Å². The van der Waals surface area contributed by atoms with Gasteiger partial charge in [-0.15, -0.1) is 0 Å². The van der Waals surface area contributed by atoms with Gasteiger partial charge in [0.1, 0.15) is 11.3 Å². The average molecular weight is 1070 g/mol. The fraction of sp³-hybridized carbons (Fsp3) is 0.179. The van der Waals surface area contributed by atoms with E-state index in [1.54, 1.807) is 0 Å². The van der Waals surface area contributed by atoms with Crippen LogP contribution in [0.1, 0.15) is 112 Å². The monoisotopic (exact) mass is 1070 g/mol. The van der Waals surface area contributed by atoms with Crippen LogP contribution in [-0.2, 0) is 0 Å². The van der Waals surface area contributed by atoms with E-state index in [4.69, 9.17) is 4.42 Å². The van der Waals surface area contributed by atoms with Gasteiger partial charge in [0.2, 0.25) is 0 Å². The summed E-state index contributed by atoms with van der Waals surface area (Å²) < 4.78 is 7.33. The minimum Gasteiger partial charge on any atom is -0.505 e. The van der Waals surface area contributed by atoms with Gasteiger partial charge in [0.05, 0.1) is 22.7 Å². The number of aromatic hydroxyl groups is 1. The van der Waals surface area contributed by atoms with E-state index in [0.29, 0.717) is 11.6 Å². The third-order valence-electron chi connectivity index (χ3n) is 17.3. The lowest BCUT2D eigenvalue weighted by Crippen LogP contribution is -2.14. The highest BCUT2D eigenvalue weighted by Crippen LogP contribution is 2.54. The van der Waals surface area contributed by atoms with E-state index in [9.17, 15) is 5.11 Å². The lowest BCUT2D eigenvalue weighted by Gasteiger charge is -2.32. The summed E-state index contributed by atoms with van der Waals surface area (Å²) in [4.78, 5) is 4.81. The molecule has 1 aromatic heterocycles. The normalized spacial score (nSPS) is 12.0. The molecule has 0 bridgehead atoms. The second-order valence-corrected chi connectivity index (χ2v) is 23.8. The summed E-state index contributed by atoms with van der Waals surface area (Å²) in [5.74, 6) is 1.19. The van der Waals surface area contributed by atoms with Gasteiger partial charge in [-0.3, -0.25) is 0 Å². The Kier molecular flexibility index (Phi) is 13.2. The first-order valence-electron chi connectivity index (χ1n) is 29.3. The SMILES string of the molecule is Cc1ccccc1-c1cccc(-c2cccc(N(c3cccc(C(C)C)c3)c3cc(C(C)C)c4ccc5c(N(c6cccc(C(C)C)c6)c6cccc7c6oc6c(-c8ccccc8C)cccc67)cc(C(C)C)c6ccc3c4c65)c2O)c1. The Morgan fingerprint density at radius 2 is 0.768 bits per heavy atom. The average Bonchev–Trinajstić information content (AvgIpc) is 2.15. The standard InChI is InChI=1S/C78H70N2O2/c1-46(2)52-23-16-27-56(42-52)79(70-35-19-31-60(76(70)81)55-26-15-25-54(41-55)58-29-13-11-21-50(58)9)72-44-68(48(5)6)61-38-40-67-73(45-69(49(7)8)62-37-39-66(72)74(61)75(62)67)80(57-28-17-24-53(43-57)47(3)4)71-36-20-34-65-64-33-18-32-63(77(64)82-78(65)71)59-30-14-12-22-51(59)10/h11-49,81H,1-10H3. The van der Waals surface area contributed by atoms with Crippen LogP contribution in [0.3, 0.4) is 0 Å². The van der Waals surface area contributed by atoms with Crippen molar-refractivity contribution < 1.29 is 9.52 Å². The third kappa shape index (κ3) is 8.75. The zero-order valence-electron chi connectivity index (χ0n) is 48.8. The number of fused-ring (bicyclic) bond motifs is 3. The maximum atomic E-state index is 13.1. The smallest absolute Gasteiger partial charge is 0.159 e. The molecule has 0 saturated carbocycles. The molecular formula is C78H70N2O2. The van der Waals surface area contributed by atoms with E-state index >= 15 is 0 Å². The van der Waals surface area contributed by atoms with Crippen LogP contribution < -0.4 is 9.80 Å². The summed E-state index contributed by atoms with van der Waals surface area (Å²) in [6.45, 7) is 22.7. The number of aryl methyl sites for hydroxylation is 2. The van der Waals surface area contributed by atoms with E-state index in [0.717, 1.165) is 83.4 Å². The molecule has 1 heterocycles. The summed E-state index contributed by atoms with van der Waals surface area (Å²) >= 11 is 0. The van der Waals surface area contributed by atoms with Crippen LogP contribution >= 0.6 is 0 Å². The Bertz CT molecular complexity index is 4590. The molecule has 0 aliphatic rings. The molecule has 0 atom stereocenters. The summed E-state index contributed by atoms with van der Waals surface area (Å²) in [5, 5.41) is 22.4. The van der Waals surface area contributed by atoms with Crippen LogP contribution in [0.25, 0.3) is 87.6 Å². The second kappa shape index (κ2) is 20.8. The Morgan fingerprint density at radius 1 is 0.329 bits per heavy atom. The topological polar surface area (TPSA) is 39.9 Å². The van der Waals surface area contributed by atoms with E-state index in [1.807, 2.05) is 0 Å². The first-order chi connectivity index (χ1) is 39.7. The molecule has 82 heavy (non-hydrogen) atoms. The van der Waals surface area contributed by atoms with E-state index in [2.05, 4.69) is 291 Å². The minimum absolute atomic E-state index is 0.172. The highest BCUT2D eigenvalue weighted by atomic mass is 16.3. The van der Waals surface area contributed by atoms with Crippen molar-refractivity contribution in [3.05, 3.63) is 246 Å². The number of rotatable bonds is 13. The minimum atomic E-state index is 0.172. The number of hydrogen-bond donors (Lipinski definition) is 1. The molecule has 0 unspecified atom stereocenters. The van der Waals surface area contributed by atoms with Crippen molar-refractivity contribution in [3.63, 3.8) is 0 Å². The molecule has 13 aromatic rings. The van der Waals surface area contributed by atoms with Crippen molar-refractivity contribution in [1.29, 1.82) is 0 Å². The maximum Gasteiger partial charge on any atom is 0.159 e. The number of furan rings is 1. The first-order valence-corrected chi connectivity index (χ1v) is 29.3. The van der Waals surface area contributed by atoms with Gasteiger partial charge in [-0.25, -0.2) is 0 Å². The second-order valence-electron chi connectivity index (χ2n) is 23.8. The fourth-order valence-corrected chi connectivity index (χ4v) is 13.0. The largest absolute Gasteiger partial charge is 0.505 e. The number of anilines is 6. The molecule has 0 spiro atoms. The number of phenolic OH excluding ortho intramolecular Hbond substituents is 1. The molecule has 12 aromatic carbocycles. The van der Waals surface area contributed by atoms with Crippen LogP contribution in [0.4, 0.5) is 34.1 Å². The first kappa shape index (κ1) is 52.3. The molecule has 0 saturated heterocycles. The van der Waals surface area contributed by atoms with Crippen LogP contribution in [-0.4, -0.2) is 5.11 Å². The predicted octanol–water partition coefficient (Wildman–Crippen LogP) is 23.2. The number of nitrogens with zero attached hydrogens (tertiary/aromatic N) is 2. The van der Waals surface area contributed by atoms with Gasteiger partial charge in [0, 0.05) is 44.0 Å². The molecule has 0 fully saturated rings. The maximum absolute atomic E-state index is 13.1. The van der Waals surface area contributed by atoms with Crippen molar-refractivity contribution in [2.45, 2.75) is 92.9 Å². The van der Waals surface area contributed by atoms with Crippen molar-refractivity contribution in [2.75, 3.05) is 9.80 Å². The summed E-state index contributed by atoms with van der Waals surface area (Å²) in [6, 6.07) is 77.5. The molecule has 0 aliphatic heterocycles. The Hall–Kier alpha value is -9.12. The molecule has 404 valence electrons. The predicted molar refractivity (Wildman–Crippen MR) is 351 cm³/mol. The van der Waals surface area contributed by atoms with Crippen LogP contribution in [0.15, 0.2) is 217 Å². The van der Waals surface area contributed by atoms with Crippen LogP contribution in [0.2, 0.25) is 0 Å². The van der Waals surface area contributed by atoms with Gasteiger partial charge >= 0.3 is 0 Å². The highest BCUT2D eigenvalue weighted by Gasteiger charge is 2.29. The number of benzene rings is 12. The molecule has 0 amide bonds. The molecule has 0 radical (unpaired) electrons. The van der Waals surface area contributed by atoms with E-state index < -0.39 is 0 Å².